The summed E-state index contributed by atoms with van der Waals surface area (Å²) in [6.07, 6.45) is 2.91. The van der Waals surface area contributed by atoms with Crippen LogP contribution >= 0.6 is 27.3 Å². The van der Waals surface area contributed by atoms with Crippen LogP contribution in [0.15, 0.2) is 20.4 Å². The highest BCUT2D eigenvalue weighted by Crippen LogP contribution is 2.27. The largest absolute Gasteiger partial charge is 0.343 e. The van der Waals surface area contributed by atoms with Gasteiger partial charge >= 0.3 is 0 Å². The van der Waals surface area contributed by atoms with E-state index >= 15 is 0 Å². The van der Waals surface area contributed by atoms with E-state index in [2.05, 4.69) is 31.4 Å². The van der Waals surface area contributed by atoms with Crippen molar-refractivity contribution in [3.63, 3.8) is 0 Å². The number of piperidine rings is 1. The average molecular weight is 399 g/mol. The fourth-order valence-electron chi connectivity index (χ4n) is 2.67. The lowest BCUT2D eigenvalue weighted by Gasteiger charge is -2.31. The molecule has 8 heteroatoms. The van der Waals surface area contributed by atoms with E-state index in [4.69, 9.17) is 4.52 Å². The highest BCUT2D eigenvalue weighted by Gasteiger charge is 2.22. The molecule has 3 heterocycles. The van der Waals surface area contributed by atoms with Crippen LogP contribution in [0.1, 0.15) is 25.2 Å². The third-order valence-electron chi connectivity index (χ3n) is 4.06. The van der Waals surface area contributed by atoms with Crippen LogP contribution in [0.5, 0.6) is 0 Å². The number of hydrogen-bond donors (Lipinski definition) is 1. The minimum atomic E-state index is 0.135. The summed E-state index contributed by atoms with van der Waals surface area (Å²) < 4.78 is 6.26. The standard InChI is InChI=1S/C15H19BrN4O2S/c1-20(11-4-6-17-7-5-11)14(21)3-2-13-18-15(19-22-13)12-8-10(16)9-23-12/h8-9,11,17H,2-7H2,1H3. The second-order valence-electron chi connectivity index (χ2n) is 5.63. The van der Waals surface area contributed by atoms with Gasteiger partial charge in [0.25, 0.3) is 0 Å². The Morgan fingerprint density at radius 1 is 1.52 bits per heavy atom. The first-order valence-corrected chi connectivity index (χ1v) is 9.34. The molecule has 1 saturated heterocycles. The molecule has 2 aromatic heterocycles. The van der Waals surface area contributed by atoms with Crippen LogP contribution < -0.4 is 5.32 Å². The third-order valence-corrected chi connectivity index (χ3v) is 5.75. The molecule has 6 nitrogen and oxygen atoms in total. The van der Waals surface area contributed by atoms with Gasteiger partial charge in [0.05, 0.1) is 4.88 Å². The monoisotopic (exact) mass is 398 g/mol. The average Bonchev–Trinajstić information content (AvgIpc) is 3.21. The second-order valence-corrected chi connectivity index (χ2v) is 7.45. The van der Waals surface area contributed by atoms with E-state index in [1.54, 1.807) is 11.3 Å². The van der Waals surface area contributed by atoms with E-state index in [9.17, 15) is 4.79 Å². The Bertz CT molecular complexity index is 666. The number of carbonyl (C=O) groups excluding carboxylic acids is 1. The summed E-state index contributed by atoms with van der Waals surface area (Å²) in [7, 11) is 1.89. The van der Waals surface area contributed by atoms with Crippen molar-refractivity contribution in [2.75, 3.05) is 20.1 Å². The van der Waals surface area contributed by atoms with E-state index in [0.717, 1.165) is 35.3 Å². The van der Waals surface area contributed by atoms with Crippen LogP contribution in [0.25, 0.3) is 10.7 Å². The molecule has 0 bridgehead atoms. The molecule has 0 spiro atoms. The van der Waals surface area contributed by atoms with Crippen LogP contribution in [0.4, 0.5) is 0 Å². The number of rotatable bonds is 5. The van der Waals surface area contributed by atoms with Crippen molar-refractivity contribution >= 4 is 33.2 Å². The Morgan fingerprint density at radius 3 is 3.00 bits per heavy atom. The van der Waals surface area contributed by atoms with Gasteiger partial charge in [-0.05, 0) is 47.9 Å². The second kappa shape index (κ2) is 7.55. The molecule has 0 saturated carbocycles. The molecular weight excluding hydrogens is 380 g/mol. The van der Waals surface area contributed by atoms with E-state index in [1.165, 1.54) is 0 Å². The number of amides is 1. The molecule has 0 atom stereocenters. The van der Waals surface area contributed by atoms with Crippen molar-refractivity contribution < 1.29 is 9.32 Å². The molecule has 124 valence electrons. The number of carbonyl (C=O) groups is 1. The van der Waals surface area contributed by atoms with Gasteiger partial charge in [-0.2, -0.15) is 4.98 Å². The lowest BCUT2D eigenvalue weighted by Crippen LogP contribution is -2.44. The highest BCUT2D eigenvalue weighted by atomic mass is 79.9. The van der Waals surface area contributed by atoms with Crippen molar-refractivity contribution in [1.29, 1.82) is 0 Å². The fourth-order valence-corrected chi connectivity index (χ4v) is 4.03. The van der Waals surface area contributed by atoms with Crippen molar-refractivity contribution in [3.8, 4) is 10.7 Å². The van der Waals surface area contributed by atoms with Crippen molar-refractivity contribution in [3.05, 3.63) is 21.8 Å². The molecule has 1 fully saturated rings. The minimum absolute atomic E-state index is 0.135. The summed E-state index contributed by atoms with van der Waals surface area (Å²) in [5.74, 6) is 1.22. The van der Waals surface area contributed by atoms with Gasteiger partial charge in [0.15, 0.2) is 0 Å². The van der Waals surface area contributed by atoms with Gasteiger partial charge in [-0.15, -0.1) is 11.3 Å². The number of hydrogen-bond acceptors (Lipinski definition) is 6. The molecule has 3 rings (SSSR count). The fraction of sp³-hybridized carbons (Fsp3) is 0.533. The van der Waals surface area contributed by atoms with Gasteiger partial charge in [-0.3, -0.25) is 4.79 Å². The maximum Gasteiger partial charge on any atom is 0.227 e. The molecule has 1 aliphatic heterocycles. The maximum absolute atomic E-state index is 12.3. The van der Waals surface area contributed by atoms with Crippen LogP contribution in [0.3, 0.4) is 0 Å². The molecule has 0 radical (unpaired) electrons. The van der Waals surface area contributed by atoms with Gasteiger partial charge in [-0.25, -0.2) is 0 Å². The Labute approximate surface area is 147 Å². The molecule has 1 amide bonds. The summed E-state index contributed by atoms with van der Waals surface area (Å²) in [6, 6.07) is 2.29. The Morgan fingerprint density at radius 2 is 2.30 bits per heavy atom. The summed E-state index contributed by atoms with van der Waals surface area (Å²) in [4.78, 5) is 19.5. The molecular formula is C15H19BrN4O2S. The Kier molecular flexibility index (Phi) is 5.45. The number of halogens is 1. The number of aryl methyl sites for hydroxylation is 1. The minimum Gasteiger partial charge on any atom is -0.343 e. The summed E-state index contributed by atoms with van der Waals surface area (Å²) in [5, 5.41) is 9.27. The quantitative estimate of drug-likeness (QED) is 0.837. The first-order chi connectivity index (χ1) is 11.1. The predicted molar refractivity (Wildman–Crippen MR) is 92.3 cm³/mol. The number of thiophene rings is 1. The summed E-state index contributed by atoms with van der Waals surface area (Å²) in [6.45, 7) is 1.96. The normalized spacial score (nSPS) is 15.7. The van der Waals surface area contributed by atoms with Gasteiger partial charge in [0.1, 0.15) is 0 Å². The predicted octanol–water partition coefficient (Wildman–Crippen LogP) is 2.70. The van der Waals surface area contributed by atoms with Crippen molar-refractivity contribution in [2.24, 2.45) is 0 Å². The van der Waals surface area contributed by atoms with E-state index in [-0.39, 0.29) is 5.91 Å². The Hall–Kier alpha value is -1.25. The molecule has 2 aromatic rings. The SMILES string of the molecule is CN(C(=O)CCc1nc(-c2cc(Br)cs2)no1)C1CCNCC1. The van der Waals surface area contributed by atoms with E-state index in [1.807, 2.05) is 23.4 Å². The topological polar surface area (TPSA) is 71.3 Å². The molecule has 0 aromatic carbocycles. The van der Waals surface area contributed by atoms with Crippen LogP contribution in [0.2, 0.25) is 0 Å². The summed E-state index contributed by atoms with van der Waals surface area (Å²) >= 11 is 4.96. The van der Waals surface area contributed by atoms with Crippen LogP contribution in [-0.4, -0.2) is 47.1 Å². The van der Waals surface area contributed by atoms with Crippen LogP contribution in [-0.2, 0) is 11.2 Å². The van der Waals surface area contributed by atoms with Crippen LogP contribution in [0, 0.1) is 0 Å². The van der Waals surface area contributed by atoms with Crippen molar-refractivity contribution in [1.82, 2.24) is 20.4 Å². The maximum atomic E-state index is 12.3. The smallest absolute Gasteiger partial charge is 0.227 e. The summed E-state index contributed by atoms with van der Waals surface area (Å²) in [5.41, 5.74) is 0. The van der Waals surface area contributed by atoms with Gasteiger partial charge < -0.3 is 14.7 Å². The number of aromatic nitrogens is 2. The van der Waals surface area contributed by atoms with Gasteiger partial charge in [0, 0.05) is 35.8 Å². The van der Waals surface area contributed by atoms with E-state index < -0.39 is 0 Å². The molecule has 23 heavy (non-hydrogen) atoms. The molecule has 1 N–H and O–H groups in total. The number of nitrogens with one attached hydrogen (secondary N) is 1. The first kappa shape index (κ1) is 16.6. The van der Waals surface area contributed by atoms with E-state index in [0.29, 0.717) is 30.6 Å². The number of nitrogens with zero attached hydrogens (tertiary/aromatic N) is 3. The molecule has 0 aliphatic carbocycles. The zero-order chi connectivity index (χ0) is 16.2. The first-order valence-electron chi connectivity index (χ1n) is 7.67. The lowest BCUT2D eigenvalue weighted by molar-refractivity contribution is -0.132. The lowest BCUT2D eigenvalue weighted by atomic mass is 10.0. The zero-order valence-electron chi connectivity index (χ0n) is 12.9. The molecule has 1 aliphatic rings. The van der Waals surface area contributed by atoms with Crippen molar-refractivity contribution in [2.45, 2.75) is 31.7 Å². The van der Waals surface area contributed by atoms with Gasteiger partial charge in [-0.1, -0.05) is 5.16 Å². The Balaban J connectivity index is 1.53. The van der Waals surface area contributed by atoms with Gasteiger partial charge in [0.2, 0.25) is 17.6 Å². The molecule has 0 unspecified atom stereocenters. The zero-order valence-corrected chi connectivity index (χ0v) is 15.3. The highest BCUT2D eigenvalue weighted by molar-refractivity contribution is 9.10. The third kappa shape index (κ3) is 4.19.